The molecule has 19 nitrogen and oxygen atoms in total. The van der Waals surface area contributed by atoms with Crippen molar-refractivity contribution in [2.75, 3.05) is 44.0 Å². The van der Waals surface area contributed by atoms with Gasteiger partial charge in [-0.1, -0.05) is 12.2 Å². The van der Waals surface area contributed by atoms with Gasteiger partial charge in [0.25, 0.3) is 11.8 Å². The summed E-state index contributed by atoms with van der Waals surface area (Å²) in [4.78, 5) is 65.0. The Hall–Kier alpha value is -7.02. The highest BCUT2D eigenvalue weighted by Gasteiger charge is 2.30. The molecule has 324 valence electrons. The summed E-state index contributed by atoms with van der Waals surface area (Å²) in [5, 5.41) is 14.9. The van der Waals surface area contributed by atoms with Gasteiger partial charge >= 0.3 is 0 Å². The van der Waals surface area contributed by atoms with Gasteiger partial charge in [-0.3, -0.25) is 39.2 Å². The third kappa shape index (κ3) is 8.22. The number of hydrogen-bond donors (Lipinski definition) is 4. The number of aryl methyl sites for hydroxylation is 4. The molecule has 0 unspecified atom stereocenters. The number of ether oxygens (including phenoxy) is 2. The number of aromatic nitrogens is 8. The van der Waals surface area contributed by atoms with Crippen molar-refractivity contribution in [3.8, 4) is 11.5 Å². The lowest BCUT2D eigenvalue weighted by Gasteiger charge is -2.34. The third-order valence-corrected chi connectivity index (χ3v) is 11.6. The lowest BCUT2D eigenvalue weighted by molar-refractivity contribution is 0.0897. The molecule has 19 heteroatoms. The van der Waals surface area contributed by atoms with Gasteiger partial charge in [0.1, 0.15) is 33.9 Å². The average Bonchev–Trinajstić information content (AvgIpc) is 4.01. The number of benzene rings is 2. The standard InChI is InChI=1S/C43H51N13O6/c1-6-55-32(16-24(3)50-55)40(59)48-42-46-30-18-27(38(44)57)20-34-36(30)53(42)12-8-9-13-54-37-31(47-43(54)49-41(60)33-17-25(4)51-56(33)7-2)19-28(39(45)58)21-35(37)62-23-29(22-61-34)26-10-14-52(5)15-11-26/h8-9,16-21,26,29H,6-7,10-15,22-23H2,1-5H3,(H2,44,57)(H2,45,58)(H,46,48,59)(H,47,49,60)/b9-8+. The smallest absolute Gasteiger partial charge is 0.276 e. The minimum Gasteiger partial charge on any atom is -0.491 e. The van der Waals surface area contributed by atoms with Crippen LogP contribution in [0.5, 0.6) is 11.5 Å². The summed E-state index contributed by atoms with van der Waals surface area (Å²) < 4.78 is 20.3. The Bertz CT molecular complexity index is 2580. The van der Waals surface area contributed by atoms with Crippen molar-refractivity contribution >= 4 is 57.6 Å². The first-order valence-electron chi connectivity index (χ1n) is 20.8. The predicted molar refractivity (Wildman–Crippen MR) is 232 cm³/mol. The Balaban J connectivity index is 1.27. The Labute approximate surface area is 357 Å². The third-order valence-electron chi connectivity index (χ3n) is 11.6. The zero-order valence-electron chi connectivity index (χ0n) is 35.5. The van der Waals surface area contributed by atoms with Crippen molar-refractivity contribution in [2.24, 2.45) is 23.3 Å². The van der Waals surface area contributed by atoms with Gasteiger partial charge < -0.3 is 35.0 Å². The van der Waals surface area contributed by atoms with E-state index in [0.717, 1.165) is 25.9 Å². The number of primary amides is 2. The summed E-state index contributed by atoms with van der Waals surface area (Å²) in [5.74, 6) is -0.983. The summed E-state index contributed by atoms with van der Waals surface area (Å²) in [7, 11) is 2.09. The summed E-state index contributed by atoms with van der Waals surface area (Å²) >= 11 is 0. The van der Waals surface area contributed by atoms with Gasteiger partial charge in [-0.15, -0.1) is 0 Å². The monoisotopic (exact) mass is 845 g/mol. The molecule has 6 heterocycles. The van der Waals surface area contributed by atoms with Crippen molar-refractivity contribution in [3.05, 3.63) is 82.5 Å². The number of piperidine rings is 1. The fourth-order valence-corrected chi connectivity index (χ4v) is 8.35. The second-order valence-electron chi connectivity index (χ2n) is 15.9. The Morgan fingerprint density at radius 1 is 0.677 bits per heavy atom. The van der Waals surface area contributed by atoms with Gasteiger partial charge in [0, 0.05) is 43.2 Å². The van der Waals surface area contributed by atoms with Gasteiger partial charge in [0.05, 0.1) is 35.6 Å². The first kappa shape index (κ1) is 41.7. The van der Waals surface area contributed by atoms with Crippen LogP contribution < -0.4 is 31.6 Å². The number of rotatable bonds is 9. The van der Waals surface area contributed by atoms with Crippen LogP contribution in [0.1, 0.15) is 79.8 Å². The number of carbonyl (C=O) groups excluding carboxylic acids is 4. The zero-order chi connectivity index (χ0) is 43.8. The van der Waals surface area contributed by atoms with Gasteiger partial charge in [0.15, 0.2) is 0 Å². The highest BCUT2D eigenvalue weighted by atomic mass is 16.5. The molecule has 0 bridgehead atoms. The molecule has 4 aromatic heterocycles. The summed E-state index contributed by atoms with van der Waals surface area (Å²) in [6, 6.07) is 9.81. The van der Waals surface area contributed by atoms with E-state index in [0.29, 0.717) is 69.4 Å². The lowest BCUT2D eigenvalue weighted by Crippen LogP contribution is -2.37. The molecular weight excluding hydrogens is 795 g/mol. The molecule has 6 aromatic rings. The molecule has 0 atom stereocenters. The summed E-state index contributed by atoms with van der Waals surface area (Å²) in [6.07, 6.45) is 5.54. The maximum absolute atomic E-state index is 13.9. The molecule has 6 N–H and O–H groups in total. The van der Waals surface area contributed by atoms with Gasteiger partial charge in [-0.05, 0) is 103 Å². The summed E-state index contributed by atoms with van der Waals surface area (Å²) in [5.41, 5.74) is 16.1. The molecule has 4 amide bonds. The van der Waals surface area contributed by atoms with Crippen LogP contribution in [-0.2, 0) is 26.2 Å². The quantitative estimate of drug-likeness (QED) is 0.151. The maximum Gasteiger partial charge on any atom is 0.276 e. The van der Waals surface area contributed by atoms with Gasteiger partial charge in [-0.25, -0.2) is 9.97 Å². The largest absolute Gasteiger partial charge is 0.491 e. The second-order valence-corrected chi connectivity index (χ2v) is 15.9. The van der Waals surface area contributed by atoms with Crippen molar-refractivity contribution in [3.63, 3.8) is 0 Å². The Morgan fingerprint density at radius 2 is 1.11 bits per heavy atom. The van der Waals surface area contributed by atoms with E-state index in [-0.39, 0.29) is 61.2 Å². The zero-order valence-corrected chi connectivity index (χ0v) is 35.5. The highest BCUT2D eigenvalue weighted by Crippen LogP contribution is 2.36. The molecule has 8 rings (SSSR count). The SMILES string of the molecule is CCn1nc(C)cc1C(=O)Nc1nc2cc(C(N)=O)cc3c2n1C/C=C/Cn1c(NC(=O)c2cc(C)nn2CC)nc2cc(C(N)=O)cc(c21)OCC(C1CCN(C)CC1)CO3. The minimum absolute atomic E-state index is 0.173. The molecule has 2 aromatic carbocycles. The molecule has 62 heavy (non-hydrogen) atoms. The van der Waals surface area contributed by atoms with Crippen LogP contribution in [0.2, 0.25) is 0 Å². The van der Waals surface area contributed by atoms with E-state index < -0.39 is 23.6 Å². The van der Waals surface area contributed by atoms with Crippen molar-refractivity contribution < 1.29 is 28.7 Å². The van der Waals surface area contributed by atoms with E-state index in [4.69, 9.17) is 30.9 Å². The number of nitrogens with zero attached hydrogens (tertiary/aromatic N) is 9. The van der Waals surface area contributed by atoms with E-state index in [1.54, 1.807) is 45.8 Å². The number of amides is 4. The first-order valence-corrected chi connectivity index (χ1v) is 20.8. The van der Waals surface area contributed by atoms with Crippen LogP contribution in [0.25, 0.3) is 22.1 Å². The maximum atomic E-state index is 13.9. The lowest BCUT2D eigenvalue weighted by atomic mass is 9.85. The molecule has 0 radical (unpaired) electrons. The molecule has 1 saturated heterocycles. The second kappa shape index (κ2) is 17.2. The van der Waals surface area contributed by atoms with E-state index in [2.05, 4.69) is 32.8 Å². The number of nitrogens with one attached hydrogen (secondary N) is 2. The number of allylic oxidation sites excluding steroid dienone is 2. The van der Waals surface area contributed by atoms with Crippen molar-refractivity contribution in [1.82, 2.24) is 43.6 Å². The van der Waals surface area contributed by atoms with E-state index in [1.165, 1.54) is 0 Å². The van der Waals surface area contributed by atoms with Crippen LogP contribution >= 0.6 is 0 Å². The fourth-order valence-electron chi connectivity index (χ4n) is 8.35. The number of nitrogens with two attached hydrogens (primary N) is 2. The average molecular weight is 846 g/mol. The Kier molecular flexibility index (Phi) is 11.5. The minimum atomic E-state index is -0.661. The van der Waals surface area contributed by atoms with Crippen molar-refractivity contribution in [1.29, 1.82) is 0 Å². The molecule has 1 fully saturated rings. The van der Waals surface area contributed by atoms with Gasteiger partial charge in [-0.2, -0.15) is 10.2 Å². The summed E-state index contributed by atoms with van der Waals surface area (Å²) in [6.45, 7) is 10.9. The normalized spacial score (nSPS) is 16.0. The number of anilines is 2. The van der Waals surface area contributed by atoms with Crippen LogP contribution in [0, 0.1) is 25.7 Å². The number of likely N-dealkylation sites (tertiary alicyclic amines) is 1. The molecule has 2 aliphatic heterocycles. The number of imidazole rings is 2. The van der Waals surface area contributed by atoms with Gasteiger partial charge in [0.2, 0.25) is 23.7 Å². The molecule has 0 spiro atoms. The van der Waals surface area contributed by atoms with E-state index in [9.17, 15) is 19.2 Å². The fraction of sp³-hybridized carbons (Fsp3) is 0.395. The topological polar surface area (TPSA) is 237 Å². The predicted octanol–water partition coefficient (Wildman–Crippen LogP) is 4.12. The van der Waals surface area contributed by atoms with Crippen LogP contribution in [0.15, 0.2) is 48.6 Å². The molecule has 2 aliphatic rings. The first-order chi connectivity index (χ1) is 29.8. The molecule has 0 aliphatic carbocycles. The van der Waals surface area contributed by atoms with Crippen LogP contribution in [-0.4, -0.2) is 101 Å². The van der Waals surface area contributed by atoms with Crippen LogP contribution in [0.4, 0.5) is 11.9 Å². The van der Waals surface area contributed by atoms with E-state index >= 15 is 0 Å². The highest BCUT2D eigenvalue weighted by molar-refractivity contribution is 6.05. The Morgan fingerprint density at radius 3 is 1.52 bits per heavy atom. The van der Waals surface area contributed by atoms with Crippen LogP contribution in [0.3, 0.4) is 0 Å². The number of carbonyl (C=O) groups is 4. The molecule has 0 saturated carbocycles. The number of hydrogen-bond acceptors (Lipinski definition) is 11. The van der Waals surface area contributed by atoms with Crippen molar-refractivity contribution in [2.45, 2.75) is 66.7 Å². The molecular formula is C43H51N13O6. The van der Waals surface area contributed by atoms with E-state index in [1.807, 2.05) is 49.0 Å².